The van der Waals surface area contributed by atoms with Gasteiger partial charge in [0.1, 0.15) is 6.04 Å². The Labute approximate surface area is 106 Å². The van der Waals surface area contributed by atoms with E-state index in [1.807, 2.05) is 32.0 Å². The maximum Gasteiger partial charge on any atom is 0.326 e. The molecule has 0 spiro atoms. The normalized spacial score (nSPS) is 11.7. The molecule has 0 aliphatic carbocycles. The van der Waals surface area contributed by atoms with E-state index in [9.17, 15) is 9.59 Å². The Balaban J connectivity index is 2.67. The first-order valence-corrected chi connectivity index (χ1v) is 5.81. The standard InChI is InChI=1S/C13H18N2O3/c1-4-11(12(16)17)15-13(18)14-10-6-8(2)5-9(3)7-10/h5-7,11H,4H2,1-3H3,(H,16,17)(H2,14,15,18)/t11-/m1/s1. The molecule has 3 N–H and O–H groups in total. The highest BCUT2D eigenvalue weighted by Crippen LogP contribution is 2.13. The van der Waals surface area contributed by atoms with Crippen LogP contribution in [0.1, 0.15) is 24.5 Å². The average Bonchev–Trinajstić information content (AvgIpc) is 2.23. The van der Waals surface area contributed by atoms with Crippen LogP contribution in [-0.4, -0.2) is 23.1 Å². The number of carbonyl (C=O) groups is 2. The van der Waals surface area contributed by atoms with Crippen molar-refractivity contribution in [3.05, 3.63) is 29.3 Å². The van der Waals surface area contributed by atoms with E-state index < -0.39 is 18.0 Å². The Hall–Kier alpha value is -2.04. The Kier molecular flexibility index (Phi) is 4.71. The van der Waals surface area contributed by atoms with Gasteiger partial charge >= 0.3 is 12.0 Å². The van der Waals surface area contributed by atoms with E-state index in [1.54, 1.807) is 6.92 Å². The smallest absolute Gasteiger partial charge is 0.326 e. The lowest BCUT2D eigenvalue weighted by Gasteiger charge is -2.13. The summed E-state index contributed by atoms with van der Waals surface area (Å²) in [6.45, 7) is 5.57. The van der Waals surface area contributed by atoms with Gasteiger partial charge in [-0.25, -0.2) is 9.59 Å². The highest BCUT2D eigenvalue weighted by Gasteiger charge is 2.17. The minimum atomic E-state index is -1.03. The van der Waals surface area contributed by atoms with E-state index in [0.717, 1.165) is 11.1 Å². The van der Waals surface area contributed by atoms with Crippen LogP contribution in [0.25, 0.3) is 0 Å². The van der Waals surface area contributed by atoms with Crippen molar-refractivity contribution in [2.75, 3.05) is 5.32 Å². The second-order valence-corrected chi connectivity index (χ2v) is 4.27. The summed E-state index contributed by atoms with van der Waals surface area (Å²) in [4.78, 5) is 22.4. The molecule has 0 aliphatic rings. The summed E-state index contributed by atoms with van der Waals surface area (Å²) in [6.07, 6.45) is 0.343. The van der Waals surface area contributed by atoms with Crippen molar-refractivity contribution in [3.63, 3.8) is 0 Å². The number of anilines is 1. The van der Waals surface area contributed by atoms with Crippen LogP contribution in [0.3, 0.4) is 0 Å². The SMILES string of the molecule is CC[C@@H](NC(=O)Nc1cc(C)cc(C)c1)C(=O)O. The summed E-state index contributed by atoms with van der Waals surface area (Å²) < 4.78 is 0. The topological polar surface area (TPSA) is 78.4 Å². The third-order valence-corrected chi connectivity index (χ3v) is 2.49. The molecule has 1 rings (SSSR count). The molecule has 0 bridgehead atoms. The zero-order chi connectivity index (χ0) is 13.7. The van der Waals surface area contributed by atoms with Crippen molar-refractivity contribution >= 4 is 17.7 Å². The minimum absolute atomic E-state index is 0.343. The zero-order valence-electron chi connectivity index (χ0n) is 10.8. The Bertz CT molecular complexity index is 437. The Morgan fingerprint density at radius 1 is 1.22 bits per heavy atom. The molecular weight excluding hydrogens is 232 g/mol. The summed E-state index contributed by atoms with van der Waals surface area (Å²) in [5, 5.41) is 13.9. The van der Waals surface area contributed by atoms with Crippen LogP contribution in [-0.2, 0) is 4.79 Å². The molecule has 0 fully saturated rings. The van der Waals surface area contributed by atoms with Gasteiger partial charge in [-0.1, -0.05) is 13.0 Å². The van der Waals surface area contributed by atoms with E-state index >= 15 is 0 Å². The summed E-state index contributed by atoms with van der Waals surface area (Å²) in [7, 11) is 0. The quantitative estimate of drug-likeness (QED) is 0.767. The molecule has 0 saturated carbocycles. The summed E-state index contributed by atoms with van der Waals surface area (Å²) >= 11 is 0. The Morgan fingerprint density at radius 3 is 2.22 bits per heavy atom. The number of aryl methyl sites for hydroxylation is 2. The third-order valence-electron chi connectivity index (χ3n) is 2.49. The summed E-state index contributed by atoms with van der Waals surface area (Å²) in [6, 6.07) is 4.28. The van der Waals surface area contributed by atoms with Crippen molar-refractivity contribution in [2.45, 2.75) is 33.2 Å². The number of carbonyl (C=O) groups excluding carboxylic acids is 1. The fraction of sp³-hybridized carbons (Fsp3) is 0.385. The molecule has 2 amide bonds. The zero-order valence-corrected chi connectivity index (χ0v) is 10.8. The number of rotatable bonds is 4. The number of nitrogens with one attached hydrogen (secondary N) is 2. The number of hydrogen-bond acceptors (Lipinski definition) is 2. The predicted octanol–water partition coefficient (Wildman–Crippen LogP) is 2.29. The van der Waals surface area contributed by atoms with Gasteiger partial charge in [0.05, 0.1) is 0 Å². The van der Waals surface area contributed by atoms with Crippen LogP contribution >= 0.6 is 0 Å². The second-order valence-electron chi connectivity index (χ2n) is 4.27. The lowest BCUT2D eigenvalue weighted by Crippen LogP contribution is -2.42. The fourth-order valence-corrected chi connectivity index (χ4v) is 1.71. The fourth-order valence-electron chi connectivity index (χ4n) is 1.71. The molecule has 0 radical (unpaired) electrons. The van der Waals surface area contributed by atoms with Crippen LogP contribution in [0, 0.1) is 13.8 Å². The number of amides is 2. The Morgan fingerprint density at radius 2 is 1.78 bits per heavy atom. The molecule has 98 valence electrons. The summed E-state index contributed by atoms with van der Waals surface area (Å²) in [5.74, 6) is -1.03. The van der Waals surface area contributed by atoms with Crippen molar-refractivity contribution in [1.29, 1.82) is 0 Å². The first-order chi connectivity index (χ1) is 8.42. The predicted molar refractivity (Wildman–Crippen MR) is 69.8 cm³/mol. The largest absolute Gasteiger partial charge is 0.480 e. The van der Waals surface area contributed by atoms with E-state index in [0.29, 0.717) is 12.1 Å². The molecule has 0 unspecified atom stereocenters. The van der Waals surface area contributed by atoms with Gasteiger partial charge in [-0.05, 0) is 43.5 Å². The monoisotopic (exact) mass is 250 g/mol. The number of benzene rings is 1. The molecule has 0 heterocycles. The number of carboxylic acids is 1. The molecule has 18 heavy (non-hydrogen) atoms. The van der Waals surface area contributed by atoms with Crippen LogP contribution in [0.5, 0.6) is 0 Å². The first-order valence-electron chi connectivity index (χ1n) is 5.81. The van der Waals surface area contributed by atoms with E-state index in [1.165, 1.54) is 0 Å². The van der Waals surface area contributed by atoms with Gasteiger partial charge in [-0.3, -0.25) is 0 Å². The molecule has 1 atom stereocenters. The maximum atomic E-state index is 11.6. The maximum absolute atomic E-state index is 11.6. The molecule has 5 nitrogen and oxygen atoms in total. The molecular formula is C13H18N2O3. The number of carboxylic acid groups (broad SMARTS) is 1. The van der Waals surface area contributed by atoms with Gasteiger partial charge in [-0.15, -0.1) is 0 Å². The van der Waals surface area contributed by atoms with Gasteiger partial charge in [-0.2, -0.15) is 0 Å². The summed E-state index contributed by atoms with van der Waals surface area (Å²) in [5.41, 5.74) is 2.73. The van der Waals surface area contributed by atoms with Crippen molar-refractivity contribution in [2.24, 2.45) is 0 Å². The van der Waals surface area contributed by atoms with Crippen molar-refractivity contribution in [3.8, 4) is 0 Å². The van der Waals surface area contributed by atoms with Crippen LogP contribution in [0.15, 0.2) is 18.2 Å². The average molecular weight is 250 g/mol. The lowest BCUT2D eigenvalue weighted by molar-refractivity contribution is -0.139. The second kappa shape index (κ2) is 6.05. The van der Waals surface area contributed by atoms with Gasteiger partial charge in [0.2, 0.25) is 0 Å². The van der Waals surface area contributed by atoms with Crippen LogP contribution in [0.4, 0.5) is 10.5 Å². The minimum Gasteiger partial charge on any atom is -0.480 e. The van der Waals surface area contributed by atoms with Gasteiger partial charge in [0.25, 0.3) is 0 Å². The number of aliphatic carboxylic acids is 1. The van der Waals surface area contributed by atoms with E-state index in [2.05, 4.69) is 10.6 Å². The van der Waals surface area contributed by atoms with E-state index in [4.69, 9.17) is 5.11 Å². The van der Waals surface area contributed by atoms with Gasteiger partial charge < -0.3 is 15.7 Å². The van der Waals surface area contributed by atoms with E-state index in [-0.39, 0.29) is 0 Å². The molecule has 5 heteroatoms. The van der Waals surface area contributed by atoms with Crippen molar-refractivity contribution < 1.29 is 14.7 Å². The first kappa shape index (κ1) is 14.0. The molecule has 1 aromatic rings. The number of hydrogen-bond donors (Lipinski definition) is 3. The molecule has 0 aromatic heterocycles. The molecule has 0 aliphatic heterocycles. The third kappa shape index (κ3) is 4.08. The van der Waals surface area contributed by atoms with Crippen LogP contribution < -0.4 is 10.6 Å². The molecule has 0 saturated heterocycles. The van der Waals surface area contributed by atoms with Crippen molar-refractivity contribution in [1.82, 2.24) is 5.32 Å². The molecule has 1 aromatic carbocycles. The van der Waals surface area contributed by atoms with Crippen LogP contribution in [0.2, 0.25) is 0 Å². The van der Waals surface area contributed by atoms with Gasteiger partial charge in [0.15, 0.2) is 0 Å². The highest BCUT2D eigenvalue weighted by molar-refractivity contribution is 5.92. The number of urea groups is 1. The lowest BCUT2D eigenvalue weighted by atomic mass is 10.1. The highest BCUT2D eigenvalue weighted by atomic mass is 16.4. The van der Waals surface area contributed by atoms with Gasteiger partial charge in [0, 0.05) is 5.69 Å².